The van der Waals surface area contributed by atoms with Gasteiger partial charge in [0.15, 0.2) is 6.04 Å². The Labute approximate surface area is 161 Å². The lowest BCUT2D eigenvalue weighted by atomic mass is 10.1. The molecule has 2 aromatic rings. The van der Waals surface area contributed by atoms with Crippen molar-refractivity contribution in [1.82, 2.24) is 0 Å². The van der Waals surface area contributed by atoms with Gasteiger partial charge in [-0.15, -0.1) is 0 Å². The summed E-state index contributed by atoms with van der Waals surface area (Å²) in [4.78, 5) is 16.4. The van der Waals surface area contributed by atoms with Crippen molar-refractivity contribution in [3.63, 3.8) is 0 Å². The first-order valence-electron chi connectivity index (χ1n) is 9.60. The van der Waals surface area contributed by atoms with Crippen LogP contribution in [-0.4, -0.2) is 45.2 Å². The molecule has 0 radical (unpaired) electrons. The summed E-state index contributed by atoms with van der Waals surface area (Å²) < 4.78 is 5.49. The average Bonchev–Trinajstić information content (AvgIpc) is 2.70. The summed E-state index contributed by atoms with van der Waals surface area (Å²) in [5.74, 6) is 0.992. The van der Waals surface area contributed by atoms with Crippen molar-refractivity contribution in [1.29, 1.82) is 0 Å². The average molecular weight is 369 g/mol. The van der Waals surface area contributed by atoms with E-state index in [1.807, 2.05) is 45.0 Å². The summed E-state index contributed by atoms with van der Waals surface area (Å²) >= 11 is 0. The highest BCUT2D eigenvalue weighted by molar-refractivity contribution is 5.94. The van der Waals surface area contributed by atoms with E-state index in [2.05, 4.69) is 28.4 Å². The number of nitrogens with zero attached hydrogens (tertiary/aromatic N) is 1. The van der Waals surface area contributed by atoms with Crippen LogP contribution in [0.25, 0.3) is 0 Å². The van der Waals surface area contributed by atoms with Crippen LogP contribution < -0.4 is 19.9 Å². The van der Waals surface area contributed by atoms with Crippen LogP contribution in [0.5, 0.6) is 5.75 Å². The summed E-state index contributed by atoms with van der Waals surface area (Å²) in [5, 5.41) is 3.12. The third kappa shape index (κ3) is 4.42. The topological polar surface area (TPSA) is 46.0 Å². The number of hydrogen-bond donors (Lipinski definition) is 2. The minimum absolute atomic E-state index is 0.0790. The number of hydrogen-bond acceptors (Lipinski definition) is 3. The molecule has 144 valence electrons. The minimum Gasteiger partial charge on any atom is -0.495 e. The first-order valence-corrected chi connectivity index (χ1v) is 9.60. The van der Waals surface area contributed by atoms with Crippen molar-refractivity contribution in [2.75, 3.05) is 43.5 Å². The molecule has 1 fully saturated rings. The molecule has 2 N–H and O–H groups in total. The molecule has 27 heavy (non-hydrogen) atoms. The monoisotopic (exact) mass is 368 g/mol. The van der Waals surface area contributed by atoms with Crippen LogP contribution in [0.4, 0.5) is 11.4 Å². The van der Waals surface area contributed by atoms with E-state index in [1.165, 1.54) is 4.90 Å². The maximum absolute atomic E-state index is 12.8. The molecule has 0 spiro atoms. The molecule has 1 amide bonds. The van der Waals surface area contributed by atoms with Crippen molar-refractivity contribution in [2.24, 2.45) is 0 Å². The van der Waals surface area contributed by atoms with Crippen molar-refractivity contribution in [3.8, 4) is 5.75 Å². The number of carbonyl (C=O) groups is 1. The molecule has 5 nitrogen and oxygen atoms in total. The lowest BCUT2D eigenvalue weighted by Crippen LogP contribution is -3.19. The van der Waals surface area contributed by atoms with Gasteiger partial charge in [0.2, 0.25) is 0 Å². The molecule has 2 aromatic carbocycles. The van der Waals surface area contributed by atoms with Crippen molar-refractivity contribution in [3.05, 3.63) is 53.6 Å². The first-order chi connectivity index (χ1) is 13.0. The van der Waals surface area contributed by atoms with Gasteiger partial charge in [0, 0.05) is 5.69 Å². The van der Waals surface area contributed by atoms with Gasteiger partial charge in [0.25, 0.3) is 5.91 Å². The van der Waals surface area contributed by atoms with Gasteiger partial charge in [-0.2, -0.15) is 0 Å². The fourth-order valence-electron chi connectivity index (χ4n) is 3.66. The molecule has 0 saturated carbocycles. The summed E-state index contributed by atoms with van der Waals surface area (Å²) in [6, 6.07) is 14.2. The van der Waals surface area contributed by atoms with Gasteiger partial charge in [0.1, 0.15) is 5.75 Å². The maximum atomic E-state index is 12.8. The van der Waals surface area contributed by atoms with Crippen LogP contribution in [0.15, 0.2) is 42.5 Å². The molecule has 1 aliphatic heterocycles. The predicted octanol–water partition coefficient (Wildman–Crippen LogP) is 2.04. The Hall–Kier alpha value is -2.53. The molecule has 0 bridgehead atoms. The summed E-state index contributed by atoms with van der Waals surface area (Å²) in [5.41, 5.74) is 4.30. The molecule has 1 heterocycles. The highest BCUT2D eigenvalue weighted by Gasteiger charge is 2.30. The lowest BCUT2D eigenvalue weighted by molar-refractivity contribution is -0.914. The van der Waals surface area contributed by atoms with Gasteiger partial charge < -0.3 is 19.9 Å². The maximum Gasteiger partial charge on any atom is 0.282 e. The smallest absolute Gasteiger partial charge is 0.282 e. The number of amides is 1. The van der Waals surface area contributed by atoms with Crippen molar-refractivity contribution >= 4 is 17.3 Å². The second-order valence-electron chi connectivity index (χ2n) is 7.35. The van der Waals surface area contributed by atoms with Crippen molar-refractivity contribution in [2.45, 2.75) is 26.8 Å². The standard InChI is InChI=1S/C22H29N3O2/c1-16-9-10-17(2)19(15-16)23-22(26)18(3)24-11-13-25(14-12-24)20-7-5-6-8-21(20)27-4/h5-10,15,18H,11-14H2,1-4H3,(H,23,26)/p+1/t18-/m1/s1. The van der Waals surface area contributed by atoms with E-state index in [-0.39, 0.29) is 11.9 Å². The molecule has 0 unspecified atom stereocenters. The quantitative estimate of drug-likeness (QED) is 0.849. The van der Waals surface area contributed by atoms with Gasteiger partial charge in [-0.25, -0.2) is 0 Å². The Morgan fingerprint density at radius 2 is 1.85 bits per heavy atom. The fraction of sp³-hybridized carbons (Fsp3) is 0.409. The van der Waals surface area contributed by atoms with Crippen LogP contribution in [-0.2, 0) is 4.79 Å². The van der Waals surface area contributed by atoms with Gasteiger partial charge >= 0.3 is 0 Å². The Morgan fingerprint density at radius 1 is 1.15 bits per heavy atom. The molecule has 0 aliphatic carbocycles. The second-order valence-corrected chi connectivity index (χ2v) is 7.35. The van der Waals surface area contributed by atoms with Crippen molar-refractivity contribution < 1.29 is 14.4 Å². The zero-order chi connectivity index (χ0) is 19.4. The molecule has 3 rings (SSSR count). The summed E-state index contributed by atoms with van der Waals surface area (Å²) in [6.07, 6.45) is 0. The summed E-state index contributed by atoms with van der Waals surface area (Å²) in [7, 11) is 1.71. The van der Waals surface area contributed by atoms with Gasteiger partial charge in [-0.05, 0) is 50.1 Å². The number of piperazine rings is 1. The number of aryl methyl sites for hydroxylation is 2. The fourth-order valence-corrected chi connectivity index (χ4v) is 3.66. The molecule has 1 atom stereocenters. The predicted molar refractivity (Wildman–Crippen MR) is 110 cm³/mol. The van der Waals surface area contributed by atoms with Crippen LogP contribution in [0, 0.1) is 13.8 Å². The molecule has 5 heteroatoms. The Morgan fingerprint density at radius 3 is 2.56 bits per heavy atom. The van der Waals surface area contributed by atoms with E-state index in [0.29, 0.717) is 0 Å². The number of nitrogens with one attached hydrogen (secondary N) is 2. The van der Waals surface area contributed by atoms with Crippen LogP contribution in [0.1, 0.15) is 18.1 Å². The highest BCUT2D eigenvalue weighted by Crippen LogP contribution is 2.27. The van der Waals surface area contributed by atoms with Gasteiger partial charge in [0.05, 0.1) is 39.0 Å². The molecular formula is C22H30N3O2+. The number of quaternary nitrogens is 1. The normalized spacial score (nSPS) is 16.1. The molecule has 0 aromatic heterocycles. The van der Waals surface area contributed by atoms with E-state index in [9.17, 15) is 4.79 Å². The SMILES string of the molecule is COc1ccccc1N1CC[NH+]([C@H](C)C(=O)Nc2cc(C)ccc2C)CC1. The largest absolute Gasteiger partial charge is 0.495 e. The number of anilines is 2. The van der Waals surface area contributed by atoms with E-state index in [4.69, 9.17) is 4.74 Å². The number of ether oxygens (including phenoxy) is 1. The van der Waals surface area contributed by atoms with Crippen LogP contribution >= 0.6 is 0 Å². The zero-order valence-electron chi connectivity index (χ0n) is 16.7. The molecule has 1 saturated heterocycles. The highest BCUT2D eigenvalue weighted by atomic mass is 16.5. The third-order valence-electron chi connectivity index (χ3n) is 5.49. The lowest BCUT2D eigenvalue weighted by Gasteiger charge is -2.36. The third-order valence-corrected chi connectivity index (χ3v) is 5.49. The zero-order valence-corrected chi connectivity index (χ0v) is 16.7. The van der Waals surface area contributed by atoms with E-state index >= 15 is 0 Å². The van der Waals surface area contributed by atoms with Crippen LogP contribution in [0.2, 0.25) is 0 Å². The Balaban J connectivity index is 1.60. The number of para-hydroxylation sites is 2. The number of methoxy groups -OCH3 is 1. The van der Waals surface area contributed by atoms with E-state index < -0.39 is 0 Å². The minimum atomic E-state index is -0.0790. The number of rotatable bonds is 5. The second kappa shape index (κ2) is 8.44. The van der Waals surface area contributed by atoms with E-state index in [1.54, 1.807) is 7.11 Å². The summed E-state index contributed by atoms with van der Waals surface area (Å²) in [6.45, 7) is 9.78. The molecular weight excluding hydrogens is 338 g/mol. The van der Waals surface area contributed by atoms with E-state index in [0.717, 1.165) is 54.4 Å². The number of carbonyl (C=O) groups excluding carboxylic acids is 1. The number of benzene rings is 2. The first kappa shape index (κ1) is 19.2. The molecule has 1 aliphatic rings. The van der Waals surface area contributed by atoms with Gasteiger partial charge in [-0.3, -0.25) is 4.79 Å². The Bertz CT molecular complexity index is 798. The van der Waals surface area contributed by atoms with Crippen LogP contribution in [0.3, 0.4) is 0 Å². The Kier molecular flexibility index (Phi) is 6.01. The van der Waals surface area contributed by atoms with Gasteiger partial charge in [-0.1, -0.05) is 24.3 Å².